The number of hydrogen-bond acceptors (Lipinski definition) is 5. The van der Waals surface area contributed by atoms with E-state index in [1.54, 1.807) is 29.2 Å². The number of carbonyl (C=O) groups excluding carboxylic acids is 3. The largest absolute Gasteiger partial charge is 0.359 e. The van der Waals surface area contributed by atoms with Gasteiger partial charge in [-0.2, -0.15) is 0 Å². The summed E-state index contributed by atoms with van der Waals surface area (Å²) in [5.41, 5.74) is -0.533. The molecule has 6 rings (SSSR count). The van der Waals surface area contributed by atoms with Gasteiger partial charge in [-0.15, -0.1) is 0 Å². The summed E-state index contributed by atoms with van der Waals surface area (Å²) in [6.45, 7) is 10.2. The van der Waals surface area contributed by atoms with Crippen molar-refractivity contribution in [2.24, 2.45) is 29.6 Å². The molecule has 0 unspecified atom stereocenters. The molecule has 42 heavy (non-hydrogen) atoms. The lowest BCUT2D eigenvalue weighted by Crippen LogP contribution is -2.58. The molecule has 4 heterocycles. The van der Waals surface area contributed by atoms with Crippen molar-refractivity contribution in [1.82, 2.24) is 15.1 Å². The van der Waals surface area contributed by atoms with Crippen molar-refractivity contribution in [1.29, 1.82) is 0 Å². The SMILES string of the molecule is C[C@@H]1CCCN(CCCN2C(=O)[C@@H]3[C@H](C(=O)Nc4ccc(Cl)cc4)[C@@H]4C=C[C@@]3(O4)[C@@H]2C(=O)N[C@@H]2CCC[C@H](C)[C@H]2C)C1. The third-order valence-electron chi connectivity index (χ3n) is 10.7. The summed E-state index contributed by atoms with van der Waals surface area (Å²) in [5.74, 6) is -0.478. The summed E-state index contributed by atoms with van der Waals surface area (Å²) in [4.78, 5) is 46.3. The molecule has 4 fully saturated rings. The van der Waals surface area contributed by atoms with E-state index in [0.717, 1.165) is 38.9 Å². The van der Waals surface area contributed by atoms with Crippen LogP contribution in [0.1, 0.15) is 59.3 Å². The third kappa shape index (κ3) is 5.39. The zero-order valence-electron chi connectivity index (χ0n) is 25.1. The Balaban J connectivity index is 1.24. The maximum Gasteiger partial charge on any atom is 0.246 e. The minimum Gasteiger partial charge on any atom is -0.359 e. The summed E-state index contributed by atoms with van der Waals surface area (Å²) in [7, 11) is 0. The number of fused-ring (bicyclic) bond motifs is 1. The summed E-state index contributed by atoms with van der Waals surface area (Å²) in [6.07, 6.45) is 9.64. The lowest BCUT2D eigenvalue weighted by molar-refractivity contribution is -0.141. The van der Waals surface area contributed by atoms with Gasteiger partial charge in [-0.1, -0.05) is 57.4 Å². The van der Waals surface area contributed by atoms with Gasteiger partial charge in [0.05, 0.1) is 17.9 Å². The van der Waals surface area contributed by atoms with Crippen molar-refractivity contribution < 1.29 is 19.1 Å². The highest BCUT2D eigenvalue weighted by Gasteiger charge is 2.72. The lowest BCUT2D eigenvalue weighted by atomic mass is 9.73. The summed E-state index contributed by atoms with van der Waals surface area (Å²) < 4.78 is 6.53. The van der Waals surface area contributed by atoms with E-state index in [1.807, 2.05) is 12.2 Å². The average molecular weight is 597 g/mol. The Morgan fingerprint density at radius 1 is 1.05 bits per heavy atom. The molecule has 8 nitrogen and oxygen atoms in total. The Morgan fingerprint density at radius 3 is 2.60 bits per heavy atom. The molecule has 4 aliphatic heterocycles. The van der Waals surface area contributed by atoms with E-state index in [9.17, 15) is 14.4 Å². The monoisotopic (exact) mass is 596 g/mol. The minimum absolute atomic E-state index is 0.0649. The molecule has 2 bridgehead atoms. The summed E-state index contributed by atoms with van der Waals surface area (Å²) in [6, 6.07) is 6.19. The molecule has 1 spiro atoms. The third-order valence-corrected chi connectivity index (χ3v) is 10.9. The Labute approximate surface area is 254 Å². The Bertz CT molecular complexity index is 1220. The van der Waals surface area contributed by atoms with Gasteiger partial charge in [0, 0.05) is 29.8 Å². The maximum atomic E-state index is 14.3. The van der Waals surface area contributed by atoms with Crippen molar-refractivity contribution in [3.8, 4) is 0 Å². The molecule has 5 aliphatic rings. The van der Waals surface area contributed by atoms with Gasteiger partial charge in [-0.3, -0.25) is 14.4 Å². The van der Waals surface area contributed by atoms with E-state index in [1.165, 1.54) is 19.3 Å². The number of ether oxygens (including phenoxy) is 1. The van der Waals surface area contributed by atoms with Crippen LogP contribution in [0.3, 0.4) is 0 Å². The van der Waals surface area contributed by atoms with Crippen molar-refractivity contribution >= 4 is 35.0 Å². The number of benzene rings is 1. The van der Waals surface area contributed by atoms with E-state index in [4.69, 9.17) is 16.3 Å². The van der Waals surface area contributed by atoms with Crippen LogP contribution in [-0.2, 0) is 19.1 Å². The van der Waals surface area contributed by atoms with Crippen molar-refractivity contribution in [3.63, 3.8) is 0 Å². The number of likely N-dealkylation sites (tertiary alicyclic amines) is 2. The quantitative estimate of drug-likeness (QED) is 0.432. The number of nitrogens with one attached hydrogen (secondary N) is 2. The molecule has 1 aromatic rings. The molecule has 1 saturated carbocycles. The van der Waals surface area contributed by atoms with Gasteiger partial charge in [0.25, 0.3) is 0 Å². The second kappa shape index (κ2) is 11.9. The number of amides is 3. The Hall–Kier alpha value is -2.42. The second-order valence-electron chi connectivity index (χ2n) is 13.5. The topological polar surface area (TPSA) is 91.0 Å². The van der Waals surface area contributed by atoms with Crippen LogP contribution in [0, 0.1) is 29.6 Å². The number of anilines is 1. The van der Waals surface area contributed by atoms with Crippen LogP contribution in [0.4, 0.5) is 5.69 Å². The van der Waals surface area contributed by atoms with Gasteiger partial charge in [-0.25, -0.2) is 0 Å². The van der Waals surface area contributed by atoms with Gasteiger partial charge < -0.3 is 25.2 Å². The van der Waals surface area contributed by atoms with Crippen LogP contribution in [0.5, 0.6) is 0 Å². The smallest absolute Gasteiger partial charge is 0.246 e. The zero-order chi connectivity index (χ0) is 29.6. The summed E-state index contributed by atoms with van der Waals surface area (Å²) >= 11 is 6.03. The molecule has 1 aromatic carbocycles. The highest BCUT2D eigenvalue weighted by molar-refractivity contribution is 6.30. The first-order valence-electron chi connectivity index (χ1n) is 15.9. The molecule has 1 aliphatic carbocycles. The standard InChI is InChI=1S/C33H45ClN4O4/c1-20-7-5-16-37(19-20)17-6-18-38-29(31(40)36-25-9-4-8-21(2)22(25)3)33-15-14-26(42-33)27(28(33)32(38)41)30(39)35-24-12-10-23(34)11-13-24/h10-15,20-22,25-29H,4-9,16-19H2,1-3H3,(H,35,39)(H,36,40)/t20-,21+,22-,25-,26+,27-,28+,29+,33+/m1/s1. The van der Waals surface area contributed by atoms with E-state index >= 15 is 0 Å². The van der Waals surface area contributed by atoms with E-state index < -0.39 is 29.6 Å². The average Bonchev–Trinajstić information content (AvgIpc) is 3.60. The van der Waals surface area contributed by atoms with Crippen LogP contribution in [-0.4, -0.2) is 77.5 Å². The highest BCUT2D eigenvalue weighted by Crippen LogP contribution is 2.55. The fourth-order valence-electron chi connectivity index (χ4n) is 8.27. The van der Waals surface area contributed by atoms with Crippen LogP contribution in [0.2, 0.25) is 5.02 Å². The molecule has 9 atom stereocenters. The highest BCUT2D eigenvalue weighted by atomic mass is 35.5. The first-order valence-corrected chi connectivity index (χ1v) is 16.3. The van der Waals surface area contributed by atoms with Gasteiger partial charge >= 0.3 is 0 Å². The fraction of sp³-hybridized carbons (Fsp3) is 0.667. The van der Waals surface area contributed by atoms with Crippen molar-refractivity contribution in [2.75, 3.05) is 31.5 Å². The van der Waals surface area contributed by atoms with Gasteiger partial charge in [0.1, 0.15) is 11.6 Å². The first-order chi connectivity index (χ1) is 20.2. The first kappa shape index (κ1) is 29.6. The van der Waals surface area contributed by atoms with Gasteiger partial charge in [-0.05, 0) is 80.8 Å². The molecule has 0 radical (unpaired) electrons. The van der Waals surface area contributed by atoms with Crippen LogP contribution in [0.15, 0.2) is 36.4 Å². The minimum atomic E-state index is -1.14. The van der Waals surface area contributed by atoms with Crippen molar-refractivity contribution in [2.45, 2.75) is 83.1 Å². The van der Waals surface area contributed by atoms with Crippen LogP contribution < -0.4 is 10.6 Å². The molecule has 0 aromatic heterocycles. The van der Waals surface area contributed by atoms with Crippen LogP contribution in [0.25, 0.3) is 0 Å². The summed E-state index contributed by atoms with van der Waals surface area (Å²) in [5, 5.41) is 6.89. The zero-order valence-corrected chi connectivity index (χ0v) is 25.8. The predicted octanol–water partition coefficient (Wildman–Crippen LogP) is 4.49. The second-order valence-corrected chi connectivity index (χ2v) is 13.9. The predicted molar refractivity (Wildman–Crippen MR) is 163 cm³/mol. The Kier molecular flexibility index (Phi) is 8.42. The van der Waals surface area contributed by atoms with Crippen molar-refractivity contribution in [3.05, 3.63) is 41.4 Å². The number of nitrogens with zero attached hydrogens (tertiary/aromatic N) is 2. The molecule has 9 heteroatoms. The number of hydrogen-bond donors (Lipinski definition) is 2. The molecule has 3 saturated heterocycles. The Morgan fingerprint density at radius 2 is 1.83 bits per heavy atom. The van der Waals surface area contributed by atoms with Crippen LogP contribution >= 0.6 is 11.6 Å². The maximum absolute atomic E-state index is 14.3. The fourth-order valence-corrected chi connectivity index (χ4v) is 8.39. The number of piperidine rings is 1. The molecule has 2 N–H and O–H groups in total. The molecular formula is C33H45ClN4O4. The molecule has 3 amide bonds. The lowest BCUT2D eigenvalue weighted by Gasteiger charge is -2.38. The van der Waals surface area contributed by atoms with E-state index in [0.29, 0.717) is 35.0 Å². The number of halogens is 1. The van der Waals surface area contributed by atoms with Gasteiger partial charge in [0.2, 0.25) is 17.7 Å². The van der Waals surface area contributed by atoms with E-state index in [-0.39, 0.29) is 23.8 Å². The van der Waals surface area contributed by atoms with E-state index in [2.05, 4.69) is 36.3 Å². The number of carbonyl (C=O) groups is 3. The molecule has 228 valence electrons. The van der Waals surface area contributed by atoms with Gasteiger partial charge in [0.15, 0.2) is 0 Å². The molecular weight excluding hydrogens is 552 g/mol. The normalized spacial score (nSPS) is 37.6. The number of rotatable bonds is 8.